The summed E-state index contributed by atoms with van der Waals surface area (Å²) >= 11 is 0. The van der Waals surface area contributed by atoms with Crippen LogP contribution in [-0.4, -0.2) is 45.7 Å². The number of fused-ring (bicyclic) bond motifs is 1. The number of pyridine rings is 1. The number of ketones is 1. The van der Waals surface area contributed by atoms with Crippen molar-refractivity contribution in [3.8, 4) is 11.5 Å². The van der Waals surface area contributed by atoms with Crippen molar-refractivity contribution in [1.29, 1.82) is 5.41 Å². The number of carbonyl (C=O) groups excluding carboxylic acids is 2. The number of aryl methyl sites for hydroxylation is 1. The van der Waals surface area contributed by atoms with Crippen LogP contribution in [0.1, 0.15) is 98.4 Å². The number of aromatic nitrogens is 1. The van der Waals surface area contributed by atoms with E-state index in [1.165, 1.54) is 0 Å². The number of carbonyl (C=O) groups is 2. The van der Waals surface area contributed by atoms with Gasteiger partial charge >= 0.3 is 0 Å². The van der Waals surface area contributed by atoms with Gasteiger partial charge in [0.25, 0.3) is 0 Å². The molecule has 0 saturated heterocycles. The van der Waals surface area contributed by atoms with Gasteiger partial charge in [-0.2, -0.15) is 0 Å². The van der Waals surface area contributed by atoms with E-state index in [-0.39, 0.29) is 36.4 Å². The standard InChI is InChI=1S/C29H40N4O4/c1-8-11-22-27(37-10-3)17(4)20-15-33(28(30)25(20)32-22)16-23(34)18-12-19(14-31-24(35)9-2)26(36)21(13-18)29(5,6)7/h12-13,30,36H,8-11,14-16H2,1-7H3,(H,31,35). The molecule has 2 aromatic rings. The number of nitrogens with zero attached hydrogens (tertiary/aromatic N) is 2. The zero-order valence-corrected chi connectivity index (χ0v) is 23.2. The maximum Gasteiger partial charge on any atom is 0.219 e. The number of aromatic hydroxyl groups is 1. The maximum absolute atomic E-state index is 13.5. The number of phenols is 1. The van der Waals surface area contributed by atoms with E-state index in [4.69, 9.17) is 15.1 Å². The first-order chi connectivity index (χ1) is 17.4. The van der Waals surface area contributed by atoms with Crippen LogP contribution in [0.4, 0.5) is 0 Å². The van der Waals surface area contributed by atoms with Gasteiger partial charge in [-0.15, -0.1) is 0 Å². The first-order valence-electron chi connectivity index (χ1n) is 13.1. The van der Waals surface area contributed by atoms with Gasteiger partial charge < -0.3 is 20.1 Å². The highest BCUT2D eigenvalue weighted by atomic mass is 16.5. The van der Waals surface area contributed by atoms with Crippen LogP contribution in [0.5, 0.6) is 11.5 Å². The Labute approximate surface area is 219 Å². The molecule has 37 heavy (non-hydrogen) atoms. The summed E-state index contributed by atoms with van der Waals surface area (Å²) in [6.07, 6.45) is 2.01. The lowest BCUT2D eigenvalue weighted by molar-refractivity contribution is -0.120. The molecule has 3 rings (SSSR count). The Morgan fingerprint density at radius 2 is 1.92 bits per heavy atom. The first kappa shape index (κ1) is 28.2. The highest BCUT2D eigenvalue weighted by Crippen LogP contribution is 2.36. The third-order valence-electron chi connectivity index (χ3n) is 6.70. The van der Waals surface area contributed by atoms with Crippen molar-refractivity contribution in [1.82, 2.24) is 15.2 Å². The maximum atomic E-state index is 13.5. The second-order valence-electron chi connectivity index (χ2n) is 10.6. The summed E-state index contributed by atoms with van der Waals surface area (Å²) < 4.78 is 5.91. The Balaban J connectivity index is 1.92. The minimum absolute atomic E-state index is 0.0107. The predicted molar refractivity (Wildman–Crippen MR) is 145 cm³/mol. The molecular formula is C29H40N4O4. The van der Waals surface area contributed by atoms with E-state index in [1.807, 2.05) is 34.6 Å². The molecule has 1 aromatic carbocycles. The van der Waals surface area contributed by atoms with Crippen LogP contribution in [-0.2, 0) is 29.7 Å². The molecule has 1 amide bonds. The van der Waals surface area contributed by atoms with Gasteiger partial charge in [0.1, 0.15) is 23.0 Å². The second kappa shape index (κ2) is 11.3. The van der Waals surface area contributed by atoms with Crippen molar-refractivity contribution >= 4 is 17.5 Å². The monoisotopic (exact) mass is 508 g/mol. The van der Waals surface area contributed by atoms with Gasteiger partial charge in [0.2, 0.25) is 5.91 Å². The smallest absolute Gasteiger partial charge is 0.219 e. The van der Waals surface area contributed by atoms with E-state index >= 15 is 0 Å². The molecule has 200 valence electrons. The topological polar surface area (TPSA) is 116 Å². The number of rotatable bonds is 10. The summed E-state index contributed by atoms with van der Waals surface area (Å²) in [5, 5.41) is 22.5. The molecule has 0 radical (unpaired) electrons. The molecule has 8 heteroatoms. The SMILES string of the molecule is CCCc1nc2c(c(C)c1OCC)CN(CC(=O)c1cc(CNC(=O)CC)c(O)c(C(C)(C)C)c1)C2=N. The molecule has 0 fully saturated rings. The van der Waals surface area contributed by atoms with E-state index < -0.39 is 5.41 Å². The zero-order chi connectivity index (χ0) is 27.5. The molecule has 0 saturated carbocycles. The lowest BCUT2D eigenvalue weighted by Crippen LogP contribution is -2.31. The average molecular weight is 509 g/mol. The van der Waals surface area contributed by atoms with Crippen LogP contribution in [0, 0.1) is 12.3 Å². The molecular weight excluding hydrogens is 468 g/mol. The molecule has 0 atom stereocenters. The summed E-state index contributed by atoms with van der Waals surface area (Å²) in [7, 11) is 0. The van der Waals surface area contributed by atoms with Gasteiger partial charge in [0.05, 0.1) is 18.8 Å². The molecule has 3 N–H and O–H groups in total. The minimum Gasteiger partial charge on any atom is -0.507 e. The summed E-state index contributed by atoms with van der Waals surface area (Å²) in [6.45, 7) is 14.8. The van der Waals surface area contributed by atoms with Crippen molar-refractivity contribution in [2.24, 2.45) is 0 Å². The van der Waals surface area contributed by atoms with Crippen LogP contribution in [0.25, 0.3) is 0 Å². The fourth-order valence-electron chi connectivity index (χ4n) is 4.62. The molecule has 0 unspecified atom stereocenters. The van der Waals surface area contributed by atoms with E-state index in [0.717, 1.165) is 35.4 Å². The molecule has 2 heterocycles. The van der Waals surface area contributed by atoms with Crippen molar-refractivity contribution < 1.29 is 19.4 Å². The van der Waals surface area contributed by atoms with E-state index in [9.17, 15) is 14.7 Å². The number of nitrogens with one attached hydrogen (secondary N) is 2. The van der Waals surface area contributed by atoms with Gasteiger partial charge in [-0.3, -0.25) is 15.0 Å². The summed E-state index contributed by atoms with van der Waals surface area (Å²) in [5.41, 5.74) is 4.54. The van der Waals surface area contributed by atoms with Gasteiger partial charge in [-0.25, -0.2) is 4.98 Å². The Bertz CT molecular complexity index is 1210. The normalized spacial score (nSPS) is 13.1. The van der Waals surface area contributed by atoms with E-state index in [1.54, 1.807) is 24.0 Å². The van der Waals surface area contributed by atoms with Crippen molar-refractivity contribution in [2.75, 3.05) is 13.2 Å². The van der Waals surface area contributed by atoms with Crippen LogP contribution >= 0.6 is 0 Å². The van der Waals surface area contributed by atoms with Crippen LogP contribution in [0.2, 0.25) is 0 Å². The quantitative estimate of drug-likeness (QED) is 0.397. The number of ether oxygens (including phenoxy) is 1. The fourth-order valence-corrected chi connectivity index (χ4v) is 4.62. The van der Waals surface area contributed by atoms with Gasteiger partial charge in [0, 0.05) is 47.3 Å². The number of benzene rings is 1. The highest BCUT2D eigenvalue weighted by Gasteiger charge is 2.32. The third kappa shape index (κ3) is 5.95. The minimum atomic E-state index is -0.410. The van der Waals surface area contributed by atoms with Crippen LogP contribution in [0.15, 0.2) is 12.1 Å². The predicted octanol–water partition coefficient (Wildman–Crippen LogP) is 4.79. The van der Waals surface area contributed by atoms with Gasteiger partial charge in [-0.05, 0) is 37.8 Å². The third-order valence-corrected chi connectivity index (χ3v) is 6.70. The largest absolute Gasteiger partial charge is 0.507 e. The van der Waals surface area contributed by atoms with Crippen molar-refractivity contribution in [3.63, 3.8) is 0 Å². The second-order valence-corrected chi connectivity index (χ2v) is 10.6. The molecule has 8 nitrogen and oxygen atoms in total. The molecule has 0 aliphatic carbocycles. The molecule has 1 aliphatic rings. The van der Waals surface area contributed by atoms with Crippen LogP contribution in [0.3, 0.4) is 0 Å². The number of Topliss-reactive ketones (excluding diaryl/α,β-unsaturated/α-hetero) is 1. The van der Waals surface area contributed by atoms with E-state index in [0.29, 0.717) is 42.0 Å². The number of amidine groups is 1. The van der Waals surface area contributed by atoms with Crippen molar-refractivity contribution in [3.05, 3.63) is 51.3 Å². The number of hydrogen-bond donors (Lipinski definition) is 3. The van der Waals surface area contributed by atoms with Gasteiger partial charge in [0.15, 0.2) is 5.78 Å². The van der Waals surface area contributed by atoms with E-state index in [2.05, 4.69) is 12.2 Å². The first-order valence-corrected chi connectivity index (χ1v) is 13.1. The Hall–Kier alpha value is -3.42. The van der Waals surface area contributed by atoms with Crippen molar-refractivity contribution in [2.45, 2.75) is 86.2 Å². The summed E-state index contributed by atoms with van der Waals surface area (Å²) in [5.74, 6) is 0.817. The molecule has 1 aromatic heterocycles. The van der Waals surface area contributed by atoms with Crippen LogP contribution < -0.4 is 10.1 Å². The molecule has 1 aliphatic heterocycles. The summed E-state index contributed by atoms with van der Waals surface area (Å²) in [4.78, 5) is 31.8. The lowest BCUT2D eigenvalue weighted by atomic mass is 9.83. The average Bonchev–Trinajstić information content (AvgIpc) is 3.15. The zero-order valence-electron chi connectivity index (χ0n) is 23.2. The Morgan fingerprint density at radius 3 is 2.51 bits per heavy atom. The molecule has 0 spiro atoms. The molecule has 0 bridgehead atoms. The highest BCUT2D eigenvalue weighted by molar-refractivity contribution is 6.05. The number of amides is 1. The lowest BCUT2D eigenvalue weighted by Gasteiger charge is -2.24. The summed E-state index contributed by atoms with van der Waals surface area (Å²) in [6, 6.07) is 3.37. The Kier molecular flexibility index (Phi) is 8.61. The van der Waals surface area contributed by atoms with Gasteiger partial charge in [-0.1, -0.05) is 41.0 Å². The Morgan fingerprint density at radius 1 is 1.22 bits per heavy atom. The number of phenolic OH excluding ortho intramolecular Hbond substituents is 1. The number of hydrogen-bond acceptors (Lipinski definition) is 6. The fraction of sp³-hybridized carbons (Fsp3) is 0.517.